The van der Waals surface area contributed by atoms with Gasteiger partial charge in [0.05, 0.1) is 17.7 Å². The first-order chi connectivity index (χ1) is 27.7. The van der Waals surface area contributed by atoms with Gasteiger partial charge in [-0.15, -0.1) is 0 Å². The van der Waals surface area contributed by atoms with Gasteiger partial charge in [-0.25, -0.2) is 9.59 Å². The first-order valence-electron chi connectivity index (χ1n) is 18.9. The highest BCUT2D eigenvalue weighted by atomic mass is 16.7. The molecule has 11 nitrogen and oxygen atoms in total. The van der Waals surface area contributed by atoms with Crippen molar-refractivity contribution in [3.63, 3.8) is 0 Å². The summed E-state index contributed by atoms with van der Waals surface area (Å²) in [6.45, 7) is 14.5. The Bertz CT molecular complexity index is 1700. The van der Waals surface area contributed by atoms with Crippen LogP contribution < -0.4 is 0 Å². The van der Waals surface area contributed by atoms with Crippen molar-refractivity contribution in [2.75, 3.05) is 55.2 Å². The molecule has 318 valence electrons. The van der Waals surface area contributed by atoms with Crippen LogP contribution in [0.2, 0.25) is 0 Å². The molecular formula is C47H64O11. The second-order valence-corrected chi connectivity index (χ2v) is 13.7. The topological polar surface area (TPSA) is 141 Å². The first kappa shape index (κ1) is 52.9. The highest BCUT2D eigenvalue weighted by molar-refractivity contribution is 5.96. The number of aryl methyl sites for hydroxylation is 3. The smallest absolute Gasteiger partial charge is 0.340 e. The summed E-state index contributed by atoms with van der Waals surface area (Å²) in [5.41, 5.74) is 5.41. The fraction of sp³-hybridized carbons (Fsp3) is 0.426. The highest BCUT2D eigenvalue weighted by Crippen LogP contribution is 2.29. The number of rotatable bonds is 11. The maximum absolute atomic E-state index is 11.9. The summed E-state index contributed by atoms with van der Waals surface area (Å²) in [5.74, 6) is 0.657. The van der Waals surface area contributed by atoms with Crippen molar-refractivity contribution in [3.8, 4) is 0 Å². The number of ether oxygens (including phenoxy) is 6. The molecular weight excluding hydrogens is 741 g/mol. The van der Waals surface area contributed by atoms with E-state index in [1.165, 1.54) is 62.6 Å². The average molecular weight is 805 g/mol. The van der Waals surface area contributed by atoms with Gasteiger partial charge in [0.1, 0.15) is 19.4 Å². The molecule has 1 saturated carbocycles. The Hall–Kier alpha value is -5.07. The number of benzene rings is 4. The van der Waals surface area contributed by atoms with Gasteiger partial charge >= 0.3 is 11.9 Å². The van der Waals surface area contributed by atoms with Gasteiger partial charge in [-0.05, 0) is 114 Å². The van der Waals surface area contributed by atoms with Crippen molar-refractivity contribution in [3.05, 3.63) is 118 Å². The van der Waals surface area contributed by atoms with Gasteiger partial charge in [0.15, 0.2) is 12.6 Å². The average Bonchev–Trinajstić information content (AvgIpc) is 3.21. The fourth-order valence-corrected chi connectivity index (χ4v) is 5.41. The van der Waals surface area contributed by atoms with Crippen LogP contribution >= 0.6 is 0 Å². The summed E-state index contributed by atoms with van der Waals surface area (Å²) in [4.78, 5) is 51.6. The Balaban J connectivity index is 0.000000760. The number of ketones is 2. The van der Waals surface area contributed by atoms with Crippen LogP contribution in [0.25, 0.3) is 10.8 Å². The van der Waals surface area contributed by atoms with Gasteiger partial charge in [-0.1, -0.05) is 77.4 Å². The summed E-state index contributed by atoms with van der Waals surface area (Å²) >= 11 is 0. The molecule has 4 aromatic carbocycles. The molecule has 0 atom stereocenters. The number of Topliss-reactive ketones (excluding diaryl/α,β-unsaturated/α-hetero) is 2. The molecule has 0 bridgehead atoms. The third kappa shape index (κ3) is 23.9. The van der Waals surface area contributed by atoms with Crippen LogP contribution in [0.15, 0.2) is 84.9 Å². The van der Waals surface area contributed by atoms with Crippen molar-refractivity contribution in [1.82, 2.24) is 0 Å². The molecule has 0 heterocycles. The molecule has 5 rings (SSSR count). The zero-order valence-corrected chi connectivity index (χ0v) is 36.1. The number of hydrogen-bond donors (Lipinski definition) is 0. The molecule has 0 amide bonds. The maximum atomic E-state index is 11.9. The quantitative estimate of drug-likeness (QED) is 0.0814. The number of hydrogen-bond acceptors (Lipinski definition) is 11. The molecule has 0 N–H and O–H groups in total. The molecule has 0 saturated heterocycles. The first-order valence-corrected chi connectivity index (χ1v) is 18.9. The zero-order chi connectivity index (χ0) is 43.9. The molecule has 0 radical (unpaired) electrons. The Labute approximate surface area is 345 Å². The van der Waals surface area contributed by atoms with E-state index in [4.69, 9.17) is 19.0 Å². The Morgan fingerprint density at radius 2 is 0.862 bits per heavy atom. The number of methoxy groups -OCH3 is 4. The summed E-state index contributed by atoms with van der Waals surface area (Å²) in [7, 11) is 6.37. The Morgan fingerprint density at radius 1 is 0.500 bits per heavy atom. The summed E-state index contributed by atoms with van der Waals surface area (Å²) < 4.78 is 28.9. The van der Waals surface area contributed by atoms with E-state index in [2.05, 4.69) is 64.5 Å². The van der Waals surface area contributed by atoms with Crippen LogP contribution in [0.3, 0.4) is 0 Å². The van der Waals surface area contributed by atoms with Crippen LogP contribution in [0.4, 0.5) is 0 Å². The highest BCUT2D eigenvalue weighted by Gasteiger charge is 2.22. The van der Waals surface area contributed by atoms with Crippen LogP contribution in [0, 0.1) is 32.6 Å². The molecule has 0 unspecified atom stereocenters. The standard InChI is InChI=1S/C17H24O3.C12H12.C11H12O4.C3H8O2.C3H6O.CH2O/c1-13-3-9-16(10-4-13)17(18)20-12-15-7-5-14(6-8-15)11-19-2;1-9-3-5-12-8-10(2)4-6-11(12)7-9;1-8(12)9-3-5-10(6-4-9)11(13)15-7-14-2;1-4-3-5-2;1-3(2)4;1-2/h3-4,9-10,14-15H,5-8,11-12H2,1-2H3;3-8H,1-2H3;3-6H,7H2,1-2H3;3H2,1-2H3;1-2H3;1H2. The van der Waals surface area contributed by atoms with Crippen molar-refractivity contribution in [1.29, 1.82) is 0 Å². The van der Waals surface area contributed by atoms with Gasteiger partial charge in [0, 0.05) is 40.6 Å². The second kappa shape index (κ2) is 32.0. The SMILES string of the molecule is C=O.CC(C)=O.COCC1CCC(COC(=O)c2ccc(C)cc2)CC1.COCOC.COCOC(=O)c1ccc(C(C)=O)cc1.Cc1ccc2cc(C)ccc2c1. The molecule has 4 aromatic rings. The number of carbonyl (C=O) groups excluding carboxylic acids is 5. The lowest BCUT2D eigenvalue weighted by atomic mass is 9.83. The van der Waals surface area contributed by atoms with Crippen molar-refractivity contribution < 1.29 is 52.4 Å². The maximum Gasteiger partial charge on any atom is 0.340 e. The minimum atomic E-state index is -0.466. The number of fused-ring (bicyclic) bond motifs is 1. The van der Waals surface area contributed by atoms with Crippen molar-refractivity contribution in [2.45, 2.75) is 67.2 Å². The molecule has 1 aliphatic carbocycles. The van der Waals surface area contributed by atoms with E-state index in [0.717, 1.165) is 25.0 Å². The van der Waals surface area contributed by atoms with E-state index in [0.29, 0.717) is 41.9 Å². The van der Waals surface area contributed by atoms with Gasteiger partial charge in [0.2, 0.25) is 0 Å². The van der Waals surface area contributed by atoms with Crippen LogP contribution in [-0.2, 0) is 38.0 Å². The normalized spacial score (nSPS) is 13.7. The van der Waals surface area contributed by atoms with Crippen LogP contribution in [0.1, 0.15) is 94.2 Å². The molecule has 11 heteroatoms. The zero-order valence-electron chi connectivity index (χ0n) is 36.1. The predicted molar refractivity (Wildman–Crippen MR) is 228 cm³/mol. The lowest BCUT2D eigenvalue weighted by Gasteiger charge is -2.27. The predicted octanol–water partition coefficient (Wildman–Crippen LogP) is 9.36. The van der Waals surface area contributed by atoms with E-state index in [9.17, 15) is 19.2 Å². The van der Waals surface area contributed by atoms with E-state index in [-0.39, 0.29) is 24.3 Å². The minimum absolute atomic E-state index is 0.0354. The van der Waals surface area contributed by atoms with E-state index in [1.807, 2.05) is 38.0 Å². The minimum Gasteiger partial charge on any atom is -0.462 e. The molecule has 0 aromatic heterocycles. The van der Waals surface area contributed by atoms with Crippen LogP contribution in [-0.4, -0.2) is 85.5 Å². The molecule has 58 heavy (non-hydrogen) atoms. The van der Waals surface area contributed by atoms with Crippen molar-refractivity contribution >= 4 is 41.1 Å². The van der Waals surface area contributed by atoms with Gasteiger partial charge < -0.3 is 38.0 Å². The van der Waals surface area contributed by atoms with Crippen LogP contribution in [0.5, 0.6) is 0 Å². The Morgan fingerprint density at radius 3 is 1.24 bits per heavy atom. The monoisotopic (exact) mass is 804 g/mol. The van der Waals surface area contributed by atoms with E-state index >= 15 is 0 Å². The van der Waals surface area contributed by atoms with Gasteiger partial charge in [-0.3, -0.25) is 4.79 Å². The number of esters is 2. The third-order valence-corrected chi connectivity index (χ3v) is 8.33. The molecule has 0 aliphatic heterocycles. The summed E-state index contributed by atoms with van der Waals surface area (Å²) in [6, 6.07) is 26.9. The van der Waals surface area contributed by atoms with E-state index in [1.54, 1.807) is 45.6 Å². The molecule has 0 spiro atoms. The largest absolute Gasteiger partial charge is 0.462 e. The second-order valence-electron chi connectivity index (χ2n) is 13.7. The lowest BCUT2D eigenvalue weighted by Crippen LogP contribution is -2.22. The van der Waals surface area contributed by atoms with Gasteiger partial charge in [0.25, 0.3) is 0 Å². The third-order valence-electron chi connectivity index (χ3n) is 8.33. The number of carbonyl (C=O) groups is 5. The summed E-state index contributed by atoms with van der Waals surface area (Å²) in [6.07, 6.45) is 4.63. The van der Waals surface area contributed by atoms with Gasteiger partial charge in [-0.2, -0.15) is 0 Å². The summed E-state index contributed by atoms with van der Waals surface area (Å²) in [5, 5.41) is 2.67. The molecule has 1 fully saturated rings. The molecule has 1 aliphatic rings. The lowest BCUT2D eigenvalue weighted by molar-refractivity contribution is -0.115. The Kier molecular flexibility index (Phi) is 29.2. The van der Waals surface area contributed by atoms with Crippen molar-refractivity contribution in [2.24, 2.45) is 11.8 Å². The fourth-order valence-electron chi connectivity index (χ4n) is 5.41. The van der Waals surface area contributed by atoms with E-state index < -0.39 is 5.97 Å².